The van der Waals surface area contributed by atoms with Gasteiger partial charge in [0, 0.05) is 33.4 Å². The van der Waals surface area contributed by atoms with Gasteiger partial charge in [-0.2, -0.15) is 0 Å². The van der Waals surface area contributed by atoms with Crippen LogP contribution < -0.4 is 0 Å². The standard InChI is InChI=1S/C13H29NO3Si/c1-14(13-9-6-5-7-10-13)11-8-12-18(15-2,16-3)17-4/h13H,5-12H2,1-4H3. The van der Waals surface area contributed by atoms with Crippen LogP contribution in [0.2, 0.25) is 6.04 Å². The molecule has 0 spiro atoms. The van der Waals surface area contributed by atoms with E-state index < -0.39 is 8.80 Å². The first-order valence-corrected chi connectivity index (χ1v) is 8.96. The minimum Gasteiger partial charge on any atom is -0.377 e. The van der Waals surface area contributed by atoms with Crippen LogP contribution in [0.15, 0.2) is 0 Å². The van der Waals surface area contributed by atoms with Crippen LogP contribution >= 0.6 is 0 Å². The predicted octanol–water partition coefficient (Wildman–Crippen LogP) is 2.52. The number of hydrogen-bond donors (Lipinski definition) is 0. The van der Waals surface area contributed by atoms with E-state index in [1.165, 1.54) is 32.1 Å². The highest BCUT2D eigenvalue weighted by Crippen LogP contribution is 2.22. The van der Waals surface area contributed by atoms with Gasteiger partial charge in [0.2, 0.25) is 0 Å². The molecule has 0 atom stereocenters. The fourth-order valence-electron chi connectivity index (χ4n) is 2.81. The third-order valence-corrected chi connectivity index (χ3v) is 6.96. The lowest BCUT2D eigenvalue weighted by Crippen LogP contribution is -2.43. The van der Waals surface area contributed by atoms with E-state index in [0.717, 1.165) is 25.1 Å². The molecule has 0 saturated heterocycles. The van der Waals surface area contributed by atoms with Crippen LogP contribution in [0.1, 0.15) is 38.5 Å². The Labute approximate surface area is 113 Å². The molecule has 0 aromatic heterocycles. The fraction of sp³-hybridized carbons (Fsp3) is 1.00. The second-order valence-corrected chi connectivity index (χ2v) is 8.26. The van der Waals surface area contributed by atoms with Gasteiger partial charge in [0.25, 0.3) is 0 Å². The van der Waals surface area contributed by atoms with E-state index >= 15 is 0 Å². The molecule has 0 N–H and O–H groups in total. The zero-order valence-electron chi connectivity index (χ0n) is 12.4. The van der Waals surface area contributed by atoms with Crippen LogP contribution in [0.25, 0.3) is 0 Å². The number of hydrogen-bond acceptors (Lipinski definition) is 4. The monoisotopic (exact) mass is 275 g/mol. The lowest BCUT2D eigenvalue weighted by molar-refractivity contribution is 0.119. The first-order chi connectivity index (χ1) is 8.67. The molecule has 0 unspecified atom stereocenters. The highest BCUT2D eigenvalue weighted by atomic mass is 28.4. The topological polar surface area (TPSA) is 30.9 Å². The van der Waals surface area contributed by atoms with Crippen molar-refractivity contribution in [1.82, 2.24) is 4.90 Å². The van der Waals surface area contributed by atoms with Crippen LogP contribution in [-0.4, -0.2) is 54.7 Å². The molecule has 1 aliphatic rings. The second kappa shape index (κ2) is 8.27. The maximum atomic E-state index is 5.44. The Morgan fingerprint density at radius 2 is 1.56 bits per heavy atom. The molecule has 108 valence electrons. The third kappa shape index (κ3) is 4.62. The molecule has 0 aromatic carbocycles. The van der Waals surface area contributed by atoms with Crippen molar-refractivity contribution in [3.05, 3.63) is 0 Å². The quantitative estimate of drug-likeness (QED) is 0.637. The Morgan fingerprint density at radius 3 is 2.06 bits per heavy atom. The highest BCUT2D eigenvalue weighted by Gasteiger charge is 2.37. The van der Waals surface area contributed by atoms with E-state index in [-0.39, 0.29) is 0 Å². The van der Waals surface area contributed by atoms with Crippen molar-refractivity contribution in [2.75, 3.05) is 34.9 Å². The molecule has 0 heterocycles. The van der Waals surface area contributed by atoms with Gasteiger partial charge in [-0.05, 0) is 32.9 Å². The van der Waals surface area contributed by atoms with E-state index in [1.807, 2.05) is 0 Å². The van der Waals surface area contributed by atoms with Crippen molar-refractivity contribution in [3.8, 4) is 0 Å². The van der Waals surface area contributed by atoms with E-state index in [4.69, 9.17) is 13.3 Å². The molecule has 1 aliphatic carbocycles. The molecule has 0 aromatic rings. The van der Waals surface area contributed by atoms with E-state index in [9.17, 15) is 0 Å². The summed E-state index contributed by atoms with van der Waals surface area (Å²) in [6.45, 7) is 1.11. The zero-order valence-corrected chi connectivity index (χ0v) is 13.4. The maximum Gasteiger partial charge on any atom is 0.500 e. The molecule has 0 aliphatic heterocycles. The molecular weight excluding hydrogens is 246 g/mol. The number of nitrogens with zero attached hydrogens (tertiary/aromatic N) is 1. The SMILES string of the molecule is CO[Si](CCCN(C)C1CCCCC1)(OC)OC. The summed E-state index contributed by atoms with van der Waals surface area (Å²) < 4.78 is 16.3. The van der Waals surface area contributed by atoms with Gasteiger partial charge in [-0.1, -0.05) is 19.3 Å². The first kappa shape index (κ1) is 16.1. The molecule has 1 rings (SSSR count). The molecule has 4 nitrogen and oxygen atoms in total. The number of rotatable bonds is 8. The van der Waals surface area contributed by atoms with Crippen molar-refractivity contribution in [1.29, 1.82) is 0 Å². The van der Waals surface area contributed by atoms with Gasteiger partial charge in [-0.3, -0.25) is 0 Å². The summed E-state index contributed by atoms with van der Waals surface area (Å²) in [5.41, 5.74) is 0. The lowest BCUT2D eigenvalue weighted by Gasteiger charge is -2.32. The normalized spacial score (nSPS) is 18.5. The third-order valence-electron chi connectivity index (χ3n) is 4.12. The summed E-state index contributed by atoms with van der Waals surface area (Å²) in [5, 5.41) is 0. The summed E-state index contributed by atoms with van der Waals surface area (Å²) in [5.74, 6) is 0. The molecule has 1 saturated carbocycles. The molecule has 0 radical (unpaired) electrons. The summed E-state index contributed by atoms with van der Waals surface area (Å²) in [6, 6.07) is 1.68. The highest BCUT2D eigenvalue weighted by molar-refractivity contribution is 6.60. The smallest absolute Gasteiger partial charge is 0.377 e. The summed E-state index contributed by atoms with van der Waals surface area (Å²) in [6.07, 6.45) is 7.99. The Balaban J connectivity index is 2.26. The summed E-state index contributed by atoms with van der Waals surface area (Å²) in [4.78, 5) is 2.50. The van der Waals surface area contributed by atoms with E-state index in [2.05, 4.69) is 11.9 Å². The van der Waals surface area contributed by atoms with Gasteiger partial charge in [0.15, 0.2) is 0 Å². The maximum absolute atomic E-state index is 5.44. The van der Waals surface area contributed by atoms with Crippen molar-refractivity contribution >= 4 is 8.80 Å². The van der Waals surface area contributed by atoms with Crippen molar-refractivity contribution in [3.63, 3.8) is 0 Å². The largest absolute Gasteiger partial charge is 0.500 e. The lowest BCUT2D eigenvalue weighted by atomic mass is 9.94. The molecule has 18 heavy (non-hydrogen) atoms. The second-order valence-electron chi connectivity index (χ2n) is 5.17. The predicted molar refractivity (Wildman–Crippen MR) is 75.7 cm³/mol. The van der Waals surface area contributed by atoms with Crippen molar-refractivity contribution in [2.24, 2.45) is 0 Å². The Morgan fingerprint density at radius 1 is 1.00 bits per heavy atom. The van der Waals surface area contributed by atoms with Crippen LogP contribution in [0.5, 0.6) is 0 Å². The van der Waals surface area contributed by atoms with Gasteiger partial charge in [-0.15, -0.1) is 0 Å². The van der Waals surface area contributed by atoms with E-state index in [0.29, 0.717) is 0 Å². The fourth-order valence-corrected chi connectivity index (χ4v) is 4.51. The minimum absolute atomic E-state index is 0.780. The molecule has 1 fully saturated rings. The van der Waals surface area contributed by atoms with Crippen LogP contribution in [0, 0.1) is 0 Å². The molecule has 0 amide bonds. The van der Waals surface area contributed by atoms with Gasteiger partial charge < -0.3 is 18.2 Å². The van der Waals surface area contributed by atoms with Crippen LogP contribution in [0.3, 0.4) is 0 Å². The van der Waals surface area contributed by atoms with Gasteiger partial charge in [-0.25, -0.2) is 0 Å². The molecule has 0 bridgehead atoms. The Bertz CT molecular complexity index is 210. The van der Waals surface area contributed by atoms with Crippen molar-refractivity contribution < 1.29 is 13.3 Å². The Kier molecular flexibility index (Phi) is 7.40. The van der Waals surface area contributed by atoms with Gasteiger partial charge in [0.1, 0.15) is 0 Å². The molecular formula is C13H29NO3Si. The Hall–Kier alpha value is 0.0569. The van der Waals surface area contributed by atoms with Crippen LogP contribution in [0.4, 0.5) is 0 Å². The first-order valence-electron chi connectivity index (χ1n) is 7.03. The average Bonchev–Trinajstić information content (AvgIpc) is 2.45. The van der Waals surface area contributed by atoms with Gasteiger partial charge >= 0.3 is 8.80 Å². The summed E-state index contributed by atoms with van der Waals surface area (Å²) in [7, 11) is 4.94. The molecule has 5 heteroatoms. The van der Waals surface area contributed by atoms with Crippen LogP contribution in [-0.2, 0) is 13.3 Å². The summed E-state index contributed by atoms with van der Waals surface area (Å²) >= 11 is 0. The van der Waals surface area contributed by atoms with Gasteiger partial charge in [0.05, 0.1) is 0 Å². The van der Waals surface area contributed by atoms with Crippen molar-refractivity contribution in [2.45, 2.75) is 50.6 Å². The average molecular weight is 275 g/mol. The van der Waals surface area contributed by atoms with E-state index in [1.54, 1.807) is 21.3 Å². The minimum atomic E-state index is -2.36. The zero-order chi connectivity index (χ0) is 13.4.